The van der Waals surface area contributed by atoms with Gasteiger partial charge in [-0.2, -0.15) is 5.10 Å². The maximum atomic E-state index is 12.3. The van der Waals surface area contributed by atoms with Crippen molar-refractivity contribution in [2.45, 2.75) is 39.3 Å². The van der Waals surface area contributed by atoms with Gasteiger partial charge < -0.3 is 19.5 Å². The maximum absolute atomic E-state index is 12.3. The largest absolute Gasteiger partial charge is 0.472 e. The van der Waals surface area contributed by atoms with Crippen molar-refractivity contribution in [2.24, 2.45) is 0 Å². The standard InChI is InChI=1S/C19H29N5O2/c1-3-22(4-2)10-11-24-14-18(13-20-24)21-17-5-8-23(9-6-17)19(25)16-7-12-26-15-16/h7,12-15,17,21H,3-6,8-11H2,1-2H3. The van der Waals surface area contributed by atoms with E-state index >= 15 is 0 Å². The number of furan rings is 1. The van der Waals surface area contributed by atoms with Crippen LogP contribution in [0.2, 0.25) is 0 Å². The number of rotatable bonds is 8. The first-order valence-electron chi connectivity index (χ1n) is 9.52. The van der Waals surface area contributed by atoms with Gasteiger partial charge in [0.1, 0.15) is 6.26 Å². The minimum atomic E-state index is 0.0569. The molecule has 1 N–H and O–H groups in total. The van der Waals surface area contributed by atoms with Gasteiger partial charge in [-0.05, 0) is 32.0 Å². The zero-order chi connectivity index (χ0) is 18.4. The molecule has 7 heteroatoms. The highest BCUT2D eigenvalue weighted by Gasteiger charge is 2.24. The number of hydrogen-bond acceptors (Lipinski definition) is 5. The summed E-state index contributed by atoms with van der Waals surface area (Å²) in [4.78, 5) is 16.6. The Labute approximate surface area is 154 Å². The number of nitrogens with one attached hydrogen (secondary N) is 1. The molecule has 1 fully saturated rings. The van der Waals surface area contributed by atoms with Crippen LogP contribution in [0.3, 0.4) is 0 Å². The van der Waals surface area contributed by atoms with Crippen molar-refractivity contribution in [3.05, 3.63) is 36.5 Å². The molecular formula is C19H29N5O2. The summed E-state index contributed by atoms with van der Waals surface area (Å²) in [7, 11) is 0. The van der Waals surface area contributed by atoms with Gasteiger partial charge in [0, 0.05) is 31.9 Å². The molecule has 2 aromatic rings. The van der Waals surface area contributed by atoms with Gasteiger partial charge in [-0.3, -0.25) is 9.48 Å². The van der Waals surface area contributed by atoms with Crippen LogP contribution < -0.4 is 5.32 Å². The van der Waals surface area contributed by atoms with Crippen molar-refractivity contribution in [3.63, 3.8) is 0 Å². The molecule has 0 unspecified atom stereocenters. The Balaban J connectivity index is 1.44. The predicted molar refractivity (Wildman–Crippen MR) is 101 cm³/mol. The van der Waals surface area contributed by atoms with E-state index in [9.17, 15) is 4.79 Å². The maximum Gasteiger partial charge on any atom is 0.257 e. The van der Waals surface area contributed by atoms with E-state index in [0.717, 1.165) is 57.8 Å². The number of nitrogens with zero attached hydrogens (tertiary/aromatic N) is 4. The normalized spacial score (nSPS) is 15.6. The Kier molecular flexibility index (Phi) is 6.33. The van der Waals surface area contributed by atoms with Gasteiger partial charge in [0.15, 0.2) is 0 Å². The zero-order valence-electron chi connectivity index (χ0n) is 15.7. The van der Waals surface area contributed by atoms with E-state index in [1.165, 1.54) is 6.26 Å². The van der Waals surface area contributed by atoms with Gasteiger partial charge in [-0.1, -0.05) is 13.8 Å². The summed E-state index contributed by atoms with van der Waals surface area (Å²) in [6, 6.07) is 2.10. The second-order valence-electron chi connectivity index (χ2n) is 6.74. The lowest BCUT2D eigenvalue weighted by Crippen LogP contribution is -2.42. The zero-order valence-corrected chi connectivity index (χ0v) is 15.7. The van der Waals surface area contributed by atoms with Crippen molar-refractivity contribution in [2.75, 3.05) is 38.0 Å². The molecule has 1 amide bonds. The Morgan fingerprint density at radius 2 is 2.12 bits per heavy atom. The molecule has 3 rings (SSSR count). The third kappa shape index (κ3) is 4.66. The molecule has 1 aliphatic rings. The molecule has 0 spiro atoms. The van der Waals surface area contributed by atoms with Crippen molar-refractivity contribution >= 4 is 11.6 Å². The van der Waals surface area contributed by atoms with Gasteiger partial charge in [0.25, 0.3) is 5.91 Å². The van der Waals surface area contributed by atoms with E-state index < -0.39 is 0 Å². The number of piperidine rings is 1. The molecule has 1 aliphatic heterocycles. The van der Waals surface area contributed by atoms with E-state index in [1.807, 2.05) is 15.8 Å². The van der Waals surface area contributed by atoms with Crippen LogP contribution in [0.4, 0.5) is 5.69 Å². The van der Waals surface area contributed by atoms with Crippen molar-refractivity contribution in [3.8, 4) is 0 Å². The minimum Gasteiger partial charge on any atom is -0.472 e. The van der Waals surface area contributed by atoms with Crippen LogP contribution in [0.1, 0.15) is 37.0 Å². The Bertz CT molecular complexity index is 670. The number of hydrogen-bond donors (Lipinski definition) is 1. The summed E-state index contributed by atoms with van der Waals surface area (Å²) >= 11 is 0. The molecule has 0 aromatic carbocycles. The summed E-state index contributed by atoms with van der Waals surface area (Å²) in [6.45, 7) is 9.95. The number of carbonyl (C=O) groups is 1. The van der Waals surface area contributed by atoms with Crippen molar-refractivity contribution in [1.82, 2.24) is 19.6 Å². The average molecular weight is 359 g/mol. The molecule has 2 aromatic heterocycles. The molecule has 0 atom stereocenters. The van der Waals surface area contributed by atoms with Crippen molar-refractivity contribution in [1.29, 1.82) is 0 Å². The summed E-state index contributed by atoms with van der Waals surface area (Å²) in [6.07, 6.45) is 8.90. The number of likely N-dealkylation sites (N-methyl/N-ethyl adjacent to an activating group) is 1. The van der Waals surface area contributed by atoms with Gasteiger partial charge in [-0.15, -0.1) is 0 Å². The monoisotopic (exact) mass is 359 g/mol. The van der Waals surface area contributed by atoms with E-state index in [0.29, 0.717) is 11.6 Å². The fourth-order valence-corrected chi connectivity index (χ4v) is 3.38. The van der Waals surface area contributed by atoms with Crippen LogP contribution in [-0.4, -0.2) is 64.3 Å². The number of amides is 1. The molecule has 26 heavy (non-hydrogen) atoms. The van der Waals surface area contributed by atoms with Crippen LogP contribution >= 0.6 is 0 Å². The second-order valence-corrected chi connectivity index (χ2v) is 6.74. The molecule has 142 valence electrons. The molecule has 0 radical (unpaired) electrons. The number of aromatic nitrogens is 2. The van der Waals surface area contributed by atoms with E-state index in [-0.39, 0.29) is 5.91 Å². The molecule has 7 nitrogen and oxygen atoms in total. The molecular weight excluding hydrogens is 330 g/mol. The highest BCUT2D eigenvalue weighted by Crippen LogP contribution is 2.18. The fraction of sp³-hybridized carbons (Fsp3) is 0.579. The highest BCUT2D eigenvalue weighted by atomic mass is 16.3. The summed E-state index contributed by atoms with van der Waals surface area (Å²) in [5.41, 5.74) is 1.69. The van der Waals surface area contributed by atoms with Crippen LogP contribution in [-0.2, 0) is 6.54 Å². The summed E-state index contributed by atoms with van der Waals surface area (Å²) < 4.78 is 7.00. The van der Waals surface area contributed by atoms with Crippen LogP contribution in [0.5, 0.6) is 0 Å². The molecule has 0 saturated carbocycles. The van der Waals surface area contributed by atoms with E-state index in [4.69, 9.17) is 4.42 Å². The fourth-order valence-electron chi connectivity index (χ4n) is 3.38. The van der Waals surface area contributed by atoms with Crippen LogP contribution in [0, 0.1) is 0 Å². The quantitative estimate of drug-likeness (QED) is 0.784. The Hall–Kier alpha value is -2.28. The first-order valence-corrected chi connectivity index (χ1v) is 9.52. The molecule has 3 heterocycles. The lowest BCUT2D eigenvalue weighted by molar-refractivity contribution is 0.0718. The molecule has 1 saturated heterocycles. The van der Waals surface area contributed by atoms with Gasteiger partial charge in [-0.25, -0.2) is 0 Å². The van der Waals surface area contributed by atoms with Gasteiger partial charge in [0.2, 0.25) is 0 Å². The molecule has 0 bridgehead atoms. The first-order chi connectivity index (χ1) is 12.7. The third-order valence-electron chi connectivity index (χ3n) is 5.09. The Morgan fingerprint density at radius 3 is 2.77 bits per heavy atom. The highest BCUT2D eigenvalue weighted by molar-refractivity contribution is 5.93. The second kappa shape index (κ2) is 8.89. The van der Waals surface area contributed by atoms with Crippen molar-refractivity contribution < 1.29 is 9.21 Å². The number of anilines is 1. The topological polar surface area (TPSA) is 66.5 Å². The lowest BCUT2D eigenvalue weighted by atomic mass is 10.0. The van der Waals surface area contributed by atoms with Crippen LogP contribution in [0.15, 0.2) is 35.4 Å². The lowest BCUT2D eigenvalue weighted by Gasteiger charge is -2.32. The number of likely N-dealkylation sites (tertiary alicyclic amines) is 1. The van der Waals surface area contributed by atoms with Gasteiger partial charge in [0.05, 0.1) is 30.3 Å². The smallest absolute Gasteiger partial charge is 0.257 e. The predicted octanol–water partition coefficient (Wildman–Crippen LogP) is 2.53. The average Bonchev–Trinajstić information content (AvgIpc) is 3.35. The third-order valence-corrected chi connectivity index (χ3v) is 5.09. The van der Waals surface area contributed by atoms with E-state index in [1.54, 1.807) is 12.3 Å². The number of carbonyl (C=O) groups excluding carboxylic acids is 1. The summed E-state index contributed by atoms with van der Waals surface area (Å²) in [5.74, 6) is 0.0569. The van der Waals surface area contributed by atoms with E-state index in [2.05, 4.69) is 35.4 Å². The minimum absolute atomic E-state index is 0.0569. The molecule has 0 aliphatic carbocycles. The first kappa shape index (κ1) is 18.5. The SMILES string of the molecule is CCN(CC)CCn1cc(NC2CCN(C(=O)c3ccoc3)CC2)cn1. The Morgan fingerprint density at radius 1 is 1.35 bits per heavy atom. The van der Waals surface area contributed by atoms with Crippen LogP contribution in [0.25, 0.3) is 0 Å². The van der Waals surface area contributed by atoms with Gasteiger partial charge >= 0.3 is 0 Å². The summed E-state index contributed by atoms with van der Waals surface area (Å²) in [5, 5.41) is 8.01.